The molecule has 7 nitrogen and oxygen atoms in total. The van der Waals surface area contributed by atoms with Crippen molar-refractivity contribution in [1.82, 2.24) is 14.8 Å². The monoisotopic (exact) mass is 484 g/mol. The number of aromatic nitrogens is 3. The number of amides is 1. The van der Waals surface area contributed by atoms with Crippen molar-refractivity contribution in [1.29, 1.82) is 0 Å². The standard InChI is InChI=1S/C21H17BrN4O3S/c1-12-23-19-20(30-12)18(13-4-3-5-16(10-13)29-2)25-26(21(19)28)11-17(27)24-15-8-6-14(22)7-9-15/h3-10H,11H2,1-2H3,(H,24,27). The number of hydrogen-bond acceptors (Lipinski definition) is 6. The van der Waals surface area contributed by atoms with Gasteiger partial charge in [-0.1, -0.05) is 28.1 Å². The smallest absolute Gasteiger partial charge is 0.294 e. The number of carbonyl (C=O) groups is 1. The van der Waals surface area contributed by atoms with Gasteiger partial charge in [0.25, 0.3) is 5.56 Å². The van der Waals surface area contributed by atoms with Crippen LogP contribution in [-0.4, -0.2) is 27.8 Å². The molecule has 1 amide bonds. The van der Waals surface area contributed by atoms with E-state index in [1.165, 1.54) is 11.3 Å². The van der Waals surface area contributed by atoms with E-state index in [0.717, 1.165) is 19.7 Å². The predicted molar refractivity (Wildman–Crippen MR) is 121 cm³/mol. The lowest BCUT2D eigenvalue weighted by molar-refractivity contribution is -0.117. The molecule has 0 aliphatic heterocycles. The lowest BCUT2D eigenvalue weighted by Crippen LogP contribution is -2.30. The number of anilines is 1. The van der Waals surface area contributed by atoms with E-state index in [-0.39, 0.29) is 12.5 Å². The van der Waals surface area contributed by atoms with Crippen LogP contribution in [0.5, 0.6) is 5.75 Å². The van der Waals surface area contributed by atoms with Gasteiger partial charge in [-0.3, -0.25) is 9.59 Å². The molecule has 0 saturated heterocycles. The third-order valence-electron chi connectivity index (χ3n) is 4.37. The number of carbonyl (C=O) groups excluding carboxylic acids is 1. The Morgan fingerprint density at radius 1 is 1.23 bits per heavy atom. The van der Waals surface area contributed by atoms with Crippen LogP contribution in [0.3, 0.4) is 0 Å². The summed E-state index contributed by atoms with van der Waals surface area (Å²) in [4.78, 5) is 29.8. The molecule has 0 bridgehead atoms. The third kappa shape index (κ3) is 4.12. The van der Waals surface area contributed by atoms with Crippen molar-refractivity contribution >= 4 is 49.1 Å². The maximum Gasteiger partial charge on any atom is 0.294 e. The Hall–Kier alpha value is -3.04. The molecule has 0 atom stereocenters. The van der Waals surface area contributed by atoms with Gasteiger partial charge in [0.1, 0.15) is 18.0 Å². The molecule has 4 aromatic rings. The Kier molecular flexibility index (Phi) is 5.65. The SMILES string of the molecule is COc1cccc(-c2nn(CC(=O)Nc3ccc(Br)cc3)c(=O)c3nc(C)sc23)c1. The van der Waals surface area contributed by atoms with Crippen molar-refractivity contribution in [3.05, 3.63) is 68.4 Å². The van der Waals surface area contributed by atoms with Crippen LogP contribution in [0.2, 0.25) is 0 Å². The molecule has 2 heterocycles. The topological polar surface area (TPSA) is 86.1 Å². The quantitative estimate of drug-likeness (QED) is 0.457. The number of fused-ring (bicyclic) bond motifs is 1. The summed E-state index contributed by atoms with van der Waals surface area (Å²) in [6.45, 7) is 1.61. The summed E-state index contributed by atoms with van der Waals surface area (Å²) in [6.07, 6.45) is 0. The van der Waals surface area contributed by atoms with Crippen molar-refractivity contribution in [2.75, 3.05) is 12.4 Å². The molecule has 0 spiro atoms. The van der Waals surface area contributed by atoms with Crippen molar-refractivity contribution < 1.29 is 9.53 Å². The molecular formula is C21H17BrN4O3S. The van der Waals surface area contributed by atoms with Gasteiger partial charge < -0.3 is 10.1 Å². The van der Waals surface area contributed by atoms with Gasteiger partial charge in [0, 0.05) is 15.7 Å². The van der Waals surface area contributed by atoms with Crippen molar-refractivity contribution in [3.8, 4) is 17.0 Å². The van der Waals surface area contributed by atoms with Crippen molar-refractivity contribution in [2.45, 2.75) is 13.5 Å². The van der Waals surface area contributed by atoms with Crippen LogP contribution >= 0.6 is 27.3 Å². The molecule has 9 heteroatoms. The van der Waals surface area contributed by atoms with Crippen LogP contribution in [-0.2, 0) is 11.3 Å². The molecule has 1 N–H and O–H groups in total. The van der Waals surface area contributed by atoms with Gasteiger partial charge in [-0.05, 0) is 43.3 Å². The van der Waals surface area contributed by atoms with E-state index < -0.39 is 5.56 Å². The number of rotatable bonds is 5. The van der Waals surface area contributed by atoms with Crippen LogP contribution in [0.4, 0.5) is 5.69 Å². The number of nitrogens with zero attached hydrogens (tertiary/aromatic N) is 3. The molecule has 152 valence electrons. The lowest BCUT2D eigenvalue weighted by atomic mass is 10.1. The summed E-state index contributed by atoms with van der Waals surface area (Å²) >= 11 is 4.76. The average molecular weight is 485 g/mol. The molecule has 4 rings (SSSR count). The van der Waals surface area contributed by atoms with Crippen LogP contribution in [0.15, 0.2) is 57.8 Å². The summed E-state index contributed by atoms with van der Waals surface area (Å²) in [5.41, 5.74) is 1.92. The van der Waals surface area contributed by atoms with E-state index in [1.807, 2.05) is 43.3 Å². The van der Waals surface area contributed by atoms with Gasteiger partial charge in [-0.2, -0.15) is 5.10 Å². The highest BCUT2D eigenvalue weighted by Gasteiger charge is 2.18. The first-order valence-corrected chi connectivity index (χ1v) is 10.6. The second-order valence-corrected chi connectivity index (χ2v) is 8.63. The first-order valence-electron chi connectivity index (χ1n) is 9.02. The Balaban J connectivity index is 1.74. The zero-order chi connectivity index (χ0) is 21.3. The molecule has 0 saturated carbocycles. The Bertz CT molecular complexity index is 1300. The van der Waals surface area contributed by atoms with Crippen LogP contribution < -0.4 is 15.6 Å². The minimum Gasteiger partial charge on any atom is -0.497 e. The van der Waals surface area contributed by atoms with Gasteiger partial charge >= 0.3 is 0 Å². The first kappa shape index (κ1) is 20.2. The molecule has 0 fully saturated rings. The van der Waals surface area contributed by atoms with Gasteiger partial charge in [0.05, 0.1) is 16.8 Å². The van der Waals surface area contributed by atoms with Crippen LogP contribution in [0.1, 0.15) is 5.01 Å². The van der Waals surface area contributed by atoms with E-state index >= 15 is 0 Å². The fourth-order valence-corrected chi connectivity index (χ4v) is 4.18. The molecule has 2 aromatic carbocycles. The molecule has 0 aliphatic rings. The molecule has 0 aliphatic carbocycles. The normalized spacial score (nSPS) is 10.9. The highest BCUT2D eigenvalue weighted by atomic mass is 79.9. The van der Waals surface area contributed by atoms with Crippen LogP contribution in [0, 0.1) is 6.92 Å². The second-order valence-electron chi connectivity index (χ2n) is 6.51. The summed E-state index contributed by atoms with van der Waals surface area (Å²) in [5, 5.41) is 8.04. The third-order valence-corrected chi connectivity index (χ3v) is 5.88. The van der Waals surface area contributed by atoms with Gasteiger partial charge in [-0.15, -0.1) is 11.3 Å². The molecule has 0 unspecified atom stereocenters. The Morgan fingerprint density at radius 3 is 2.73 bits per heavy atom. The molecule has 30 heavy (non-hydrogen) atoms. The zero-order valence-electron chi connectivity index (χ0n) is 16.2. The number of thiazole rings is 1. The van der Waals surface area contributed by atoms with Crippen molar-refractivity contribution in [3.63, 3.8) is 0 Å². The van der Waals surface area contributed by atoms with E-state index in [1.54, 1.807) is 19.2 Å². The number of halogens is 1. The number of benzene rings is 2. The summed E-state index contributed by atoms with van der Waals surface area (Å²) in [6, 6.07) is 14.6. The molecule has 2 aromatic heterocycles. The lowest BCUT2D eigenvalue weighted by Gasteiger charge is -2.10. The minimum atomic E-state index is -0.396. The van der Waals surface area contributed by atoms with E-state index in [9.17, 15) is 9.59 Å². The number of ether oxygens (including phenoxy) is 1. The first-order chi connectivity index (χ1) is 14.4. The van der Waals surface area contributed by atoms with E-state index in [4.69, 9.17) is 4.74 Å². The van der Waals surface area contributed by atoms with E-state index in [2.05, 4.69) is 31.3 Å². The molecule has 0 radical (unpaired) electrons. The number of nitrogens with one attached hydrogen (secondary N) is 1. The second kappa shape index (κ2) is 8.37. The summed E-state index contributed by atoms with van der Waals surface area (Å²) in [7, 11) is 1.59. The minimum absolute atomic E-state index is 0.224. The van der Waals surface area contributed by atoms with E-state index in [0.29, 0.717) is 27.3 Å². The fraction of sp³-hybridized carbons (Fsp3) is 0.143. The van der Waals surface area contributed by atoms with Gasteiger partial charge in [0.15, 0.2) is 5.52 Å². The zero-order valence-corrected chi connectivity index (χ0v) is 18.6. The molecular weight excluding hydrogens is 468 g/mol. The predicted octanol–water partition coefficient (Wildman–Crippen LogP) is 4.24. The summed E-state index contributed by atoms with van der Waals surface area (Å²) in [5.74, 6) is 0.323. The Labute approximate surface area is 184 Å². The fourth-order valence-electron chi connectivity index (χ4n) is 3.00. The van der Waals surface area contributed by atoms with Crippen molar-refractivity contribution in [2.24, 2.45) is 0 Å². The maximum absolute atomic E-state index is 12.9. The maximum atomic E-state index is 12.9. The highest BCUT2D eigenvalue weighted by Crippen LogP contribution is 2.31. The van der Waals surface area contributed by atoms with Gasteiger partial charge in [0.2, 0.25) is 5.91 Å². The van der Waals surface area contributed by atoms with Gasteiger partial charge in [-0.25, -0.2) is 9.67 Å². The largest absolute Gasteiger partial charge is 0.497 e. The number of aryl methyl sites for hydroxylation is 1. The summed E-state index contributed by atoms with van der Waals surface area (Å²) < 4.78 is 8.07. The highest BCUT2D eigenvalue weighted by molar-refractivity contribution is 9.10. The van der Waals surface area contributed by atoms with Crippen LogP contribution in [0.25, 0.3) is 21.5 Å². The average Bonchev–Trinajstić information content (AvgIpc) is 3.13. The number of methoxy groups -OCH3 is 1. The number of hydrogen-bond donors (Lipinski definition) is 1. The Morgan fingerprint density at radius 2 is 2.00 bits per heavy atom.